The van der Waals surface area contributed by atoms with Crippen molar-refractivity contribution in [2.75, 3.05) is 29.6 Å². The molecule has 0 saturated carbocycles. The van der Waals surface area contributed by atoms with Crippen LogP contribution in [0, 0.1) is 0 Å². The van der Waals surface area contributed by atoms with E-state index in [4.69, 9.17) is 4.74 Å². The number of fused-ring (bicyclic) bond motifs is 1. The van der Waals surface area contributed by atoms with E-state index in [-0.39, 0.29) is 18.4 Å². The Hall–Kier alpha value is -3.98. The number of methoxy groups -OCH3 is 1. The number of benzene rings is 3. The minimum atomic E-state index is -0.835. The highest BCUT2D eigenvalue weighted by Gasteiger charge is 2.35. The molecular weight excluding hydrogens is 512 g/mol. The molecule has 2 N–H and O–H groups in total. The van der Waals surface area contributed by atoms with Crippen LogP contribution in [0.2, 0.25) is 0 Å². The molecule has 0 aliphatic carbocycles. The molecule has 3 aromatic rings. The molecule has 1 atom stereocenters. The largest absolute Gasteiger partial charge is 0.497 e. The van der Waals surface area contributed by atoms with E-state index in [2.05, 4.69) is 10.6 Å². The molecule has 3 aromatic carbocycles. The lowest BCUT2D eigenvalue weighted by atomic mass is 10.0. The molecule has 0 bridgehead atoms. The zero-order chi connectivity index (χ0) is 28.0. The van der Waals surface area contributed by atoms with Gasteiger partial charge in [-0.25, -0.2) is 4.79 Å². The van der Waals surface area contributed by atoms with Crippen LogP contribution >= 0.6 is 11.8 Å². The summed E-state index contributed by atoms with van der Waals surface area (Å²) in [4.78, 5) is 44.6. The van der Waals surface area contributed by atoms with Crippen LogP contribution in [0.1, 0.15) is 26.3 Å². The summed E-state index contributed by atoms with van der Waals surface area (Å²) in [6.07, 6.45) is 0. The molecule has 4 amide bonds. The summed E-state index contributed by atoms with van der Waals surface area (Å²) in [6, 6.07) is 22.9. The van der Waals surface area contributed by atoms with Gasteiger partial charge >= 0.3 is 6.03 Å². The lowest BCUT2D eigenvalue weighted by Crippen LogP contribution is -2.54. The Morgan fingerprint density at radius 1 is 1.03 bits per heavy atom. The number of urea groups is 1. The van der Waals surface area contributed by atoms with Gasteiger partial charge in [-0.3, -0.25) is 9.59 Å². The Morgan fingerprint density at radius 2 is 1.74 bits per heavy atom. The standard InChI is InChI=1S/C30H34N4O4S/c1-30(2,3)34(18-21-11-6-5-7-12-21)27(35)19-33-25-15-8-9-16-26(25)39-20-24(28(33)36)32-29(37)31-22-13-10-14-23(17-22)38-4/h5-17,24H,18-20H2,1-4H3,(H2,31,32,37)/t24-/m0/s1. The summed E-state index contributed by atoms with van der Waals surface area (Å²) < 4.78 is 5.22. The number of nitrogens with zero attached hydrogens (tertiary/aromatic N) is 2. The Labute approximate surface area is 233 Å². The van der Waals surface area contributed by atoms with E-state index in [1.54, 1.807) is 36.3 Å². The predicted molar refractivity (Wildman–Crippen MR) is 155 cm³/mol. The first-order valence-electron chi connectivity index (χ1n) is 12.7. The minimum Gasteiger partial charge on any atom is -0.497 e. The van der Waals surface area contributed by atoms with Crippen molar-refractivity contribution in [2.45, 2.75) is 43.8 Å². The molecule has 1 aliphatic rings. The topological polar surface area (TPSA) is 91.0 Å². The Kier molecular flexibility index (Phi) is 8.81. The highest BCUT2D eigenvalue weighted by Crippen LogP contribution is 2.34. The normalized spacial score (nSPS) is 15.1. The van der Waals surface area contributed by atoms with Crippen molar-refractivity contribution >= 4 is 41.0 Å². The van der Waals surface area contributed by atoms with Gasteiger partial charge in [0.25, 0.3) is 5.91 Å². The molecule has 0 spiro atoms. The molecule has 0 saturated heterocycles. The van der Waals surface area contributed by atoms with Gasteiger partial charge in [0.2, 0.25) is 5.91 Å². The predicted octanol–water partition coefficient (Wildman–Crippen LogP) is 5.15. The van der Waals surface area contributed by atoms with Crippen molar-refractivity contribution < 1.29 is 19.1 Å². The van der Waals surface area contributed by atoms with E-state index < -0.39 is 17.6 Å². The van der Waals surface area contributed by atoms with Gasteiger partial charge in [0.1, 0.15) is 18.3 Å². The maximum atomic E-state index is 13.8. The first-order chi connectivity index (χ1) is 18.7. The van der Waals surface area contributed by atoms with Crippen LogP contribution in [-0.2, 0) is 16.1 Å². The van der Waals surface area contributed by atoms with Crippen LogP contribution in [0.15, 0.2) is 83.8 Å². The van der Waals surface area contributed by atoms with Crippen LogP contribution in [0.5, 0.6) is 5.75 Å². The van der Waals surface area contributed by atoms with Gasteiger partial charge in [-0.05, 0) is 50.6 Å². The fourth-order valence-corrected chi connectivity index (χ4v) is 5.41. The lowest BCUT2D eigenvalue weighted by Gasteiger charge is -2.37. The van der Waals surface area contributed by atoms with Crippen molar-refractivity contribution in [2.24, 2.45) is 0 Å². The van der Waals surface area contributed by atoms with E-state index in [0.717, 1.165) is 10.5 Å². The summed E-state index contributed by atoms with van der Waals surface area (Å²) in [5.74, 6) is 0.420. The molecule has 204 valence electrons. The van der Waals surface area contributed by atoms with Gasteiger partial charge in [0.15, 0.2) is 0 Å². The van der Waals surface area contributed by atoms with E-state index in [0.29, 0.717) is 29.4 Å². The van der Waals surface area contributed by atoms with Crippen molar-refractivity contribution in [1.82, 2.24) is 10.2 Å². The molecule has 1 heterocycles. The summed E-state index contributed by atoms with van der Waals surface area (Å²) >= 11 is 1.47. The quantitative estimate of drug-likeness (QED) is 0.428. The second kappa shape index (κ2) is 12.3. The third-order valence-corrected chi connectivity index (χ3v) is 7.50. The molecular formula is C30H34N4O4S. The number of thioether (sulfide) groups is 1. The molecule has 8 nitrogen and oxygen atoms in total. The maximum Gasteiger partial charge on any atom is 0.319 e. The van der Waals surface area contributed by atoms with Gasteiger partial charge < -0.3 is 25.2 Å². The Balaban J connectivity index is 1.55. The molecule has 0 aromatic heterocycles. The number of anilines is 2. The fraction of sp³-hybridized carbons (Fsp3) is 0.300. The van der Waals surface area contributed by atoms with Crippen LogP contribution < -0.4 is 20.3 Å². The second-order valence-corrected chi connectivity index (χ2v) is 11.3. The summed E-state index contributed by atoms with van der Waals surface area (Å²) in [5.41, 5.74) is 1.74. The summed E-state index contributed by atoms with van der Waals surface area (Å²) in [5, 5.41) is 5.57. The summed E-state index contributed by atoms with van der Waals surface area (Å²) in [6.45, 7) is 6.22. The van der Waals surface area contributed by atoms with Gasteiger partial charge in [-0.1, -0.05) is 48.5 Å². The zero-order valence-electron chi connectivity index (χ0n) is 22.6. The van der Waals surface area contributed by atoms with Crippen LogP contribution in [0.25, 0.3) is 0 Å². The van der Waals surface area contributed by atoms with Gasteiger partial charge in [-0.2, -0.15) is 0 Å². The van der Waals surface area contributed by atoms with Crippen molar-refractivity contribution in [1.29, 1.82) is 0 Å². The number of carbonyl (C=O) groups excluding carboxylic acids is 3. The minimum absolute atomic E-state index is 0.143. The number of ether oxygens (including phenoxy) is 1. The van der Waals surface area contributed by atoms with Crippen molar-refractivity contribution in [3.63, 3.8) is 0 Å². The van der Waals surface area contributed by atoms with Gasteiger partial charge in [0, 0.05) is 34.5 Å². The number of hydrogen-bond donors (Lipinski definition) is 2. The number of hydrogen-bond acceptors (Lipinski definition) is 5. The Morgan fingerprint density at radius 3 is 2.46 bits per heavy atom. The number of carbonyl (C=O) groups is 3. The van der Waals surface area contributed by atoms with E-state index >= 15 is 0 Å². The lowest BCUT2D eigenvalue weighted by molar-refractivity contribution is -0.136. The second-order valence-electron chi connectivity index (χ2n) is 10.2. The van der Waals surface area contributed by atoms with Crippen LogP contribution in [0.3, 0.4) is 0 Å². The third-order valence-electron chi connectivity index (χ3n) is 6.35. The SMILES string of the molecule is COc1cccc(NC(=O)N[C@H]2CSc3ccccc3N(CC(=O)N(Cc3ccccc3)C(C)(C)C)C2=O)c1. The zero-order valence-corrected chi connectivity index (χ0v) is 23.5. The molecule has 0 radical (unpaired) electrons. The highest BCUT2D eigenvalue weighted by molar-refractivity contribution is 7.99. The smallest absolute Gasteiger partial charge is 0.319 e. The number of amides is 4. The van der Waals surface area contributed by atoms with Crippen LogP contribution in [-0.4, -0.2) is 53.7 Å². The van der Waals surface area contributed by atoms with E-state index in [9.17, 15) is 14.4 Å². The molecule has 9 heteroatoms. The maximum absolute atomic E-state index is 13.8. The monoisotopic (exact) mass is 546 g/mol. The first-order valence-corrected chi connectivity index (χ1v) is 13.7. The molecule has 1 aliphatic heterocycles. The van der Waals surface area contributed by atoms with Crippen LogP contribution in [0.4, 0.5) is 16.2 Å². The van der Waals surface area contributed by atoms with Crippen molar-refractivity contribution in [3.05, 3.63) is 84.4 Å². The van der Waals surface area contributed by atoms with E-state index in [1.165, 1.54) is 16.7 Å². The van der Waals surface area contributed by atoms with Gasteiger partial charge in [0.05, 0.1) is 12.8 Å². The average Bonchev–Trinajstić information content (AvgIpc) is 3.04. The third kappa shape index (κ3) is 7.11. The first kappa shape index (κ1) is 28.0. The fourth-order valence-electron chi connectivity index (χ4n) is 4.33. The number of para-hydroxylation sites is 1. The number of rotatable bonds is 7. The van der Waals surface area contributed by atoms with E-state index in [1.807, 2.05) is 75.4 Å². The summed E-state index contributed by atoms with van der Waals surface area (Å²) in [7, 11) is 1.55. The molecule has 39 heavy (non-hydrogen) atoms. The van der Waals surface area contributed by atoms with Crippen molar-refractivity contribution in [3.8, 4) is 5.75 Å². The van der Waals surface area contributed by atoms with Gasteiger partial charge in [-0.15, -0.1) is 11.8 Å². The molecule has 0 fully saturated rings. The number of nitrogens with one attached hydrogen (secondary N) is 2. The highest BCUT2D eigenvalue weighted by atomic mass is 32.2. The average molecular weight is 547 g/mol. The molecule has 4 rings (SSSR count). The Bertz CT molecular complexity index is 1330. The molecule has 0 unspecified atom stereocenters.